The summed E-state index contributed by atoms with van der Waals surface area (Å²) < 4.78 is 38.5. The monoisotopic (exact) mass is 412 g/mol. The Labute approximate surface area is 129 Å². The average molecular weight is 414 g/mol. The van der Waals surface area contributed by atoms with Crippen LogP contribution in [0.15, 0.2) is 39.5 Å². The summed E-state index contributed by atoms with van der Waals surface area (Å²) in [7, 11) is 0. The molecule has 1 atom stereocenters. The molecule has 0 radical (unpaired) electrons. The van der Waals surface area contributed by atoms with Crippen LogP contribution >= 0.6 is 43.2 Å². The predicted molar refractivity (Wildman–Crippen MR) is 78.8 cm³/mol. The molecule has 2 rings (SSSR count). The average Bonchev–Trinajstić information content (AvgIpc) is 2.80. The quantitative estimate of drug-likeness (QED) is 0.525. The maximum Gasteiger partial charge on any atom is 0.417 e. The molecule has 6 heteroatoms. The van der Waals surface area contributed by atoms with Crippen molar-refractivity contribution in [2.75, 3.05) is 0 Å². The first-order valence-electron chi connectivity index (χ1n) is 5.39. The van der Waals surface area contributed by atoms with Crippen molar-refractivity contribution in [3.05, 3.63) is 56.2 Å². The molecule has 2 aromatic rings. The van der Waals surface area contributed by atoms with E-state index in [-0.39, 0.29) is 9.30 Å². The van der Waals surface area contributed by atoms with Gasteiger partial charge in [0.1, 0.15) is 0 Å². The van der Waals surface area contributed by atoms with Crippen molar-refractivity contribution in [3.8, 4) is 0 Å². The summed E-state index contributed by atoms with van der Waals surface area (Å²) in [6, 6.07) is 6.31. The van der Waals surface area contributed by atoms with E-state index in [0.29, 0.717) is 12.0 Å². The molecule has 0 fully saturated rings. The normalized spacial score (nSPS) is 13.5. The van der Waals surface area contributed by atoms with Crippen molar-refractivity contribution in [2.45, 2.75) is 17.4 Å². The lowest BCUT2D eigenvalue weighted by Gasteiger charge is -2.14. The van der Waals surface area contributed by atoms with Gasteiger partial charge in [0.2, 0.25) is 0 Å². The molecule has 0 N–H and O–H groups in total. The molecule has 1 aromatic carbocycles. The molecule has 102 valence electrons. The highest BCUT2D eigenvalue weighted by atomic mass is 79.9. The Morgan fingerprint density at radius 1 is 1.21 bits per heavy atom. The number of rotatable bonds is 3. The molecule has 0 spiro atoms. The Balaban J connectivity index is 2.25. The van der Waals surface area contributed by atoms with Crippen LogP contribution in [0.5, 0.6) is 0 Å². The molecular weight excluding hydrogens is 405 g/mol. The van der Waals surface area contributed by atoms with E-state index in [1.165, 1.54) is 12.1 Å². The van der Waals surface area contributed by atoms with E-state index in [9.17, 15) is 13.2 Å². The molecule has 0 saturated heterocycles. The number of hydrogen-bond acceptors (Lipinski definition) is 1. The van der Waals surface area contributed by atoms with Gasteiger partial charge < -0.3 is 0 Å². The van der Waals surface area contributed by atoms with Gasteiger partial charge in [0.25, 0.3) is 0 Å². The van der Waals surface area contributed by atoms with E-state index < -0.39 is 11.7 Å². The summed E-state index contributed by atoms with van der Waals surface area (Å²) >= 11 is 7.98. The fourth-order valence-electron chi connectivity index (χ4n) is 1.69. The van der Waals surface area contributed by atoms with Crippen molar-refractivity contribution in [1.29, 1.82) is 0 Å². The van der Waals surface area contributed by atoms with Gasteiger partial charge in [-0.2, -0.15) is 24.5 Å². The summed E-state index contributed by atoms with van der Waals surface area (Å²) in [6.07, 6.45) is -3.67. The first-order valence-corrected chi connectivity index (χ1v) is 8.05. The van der Waals surface area contributed by atoms with Crippen LogP contribution in [0.2, 0.25) is 0 Å². The topological polar surface area (TPSA) is 0 Å². The Hall–Kier alpha value is -0.330. The summed E-state index contributed by atoms with van der Waals surface area (Å²) in [6.45, 7) is 0. The van der Waals surface area contributed by atoms with E-state index in [0.717, 1.165) is 5.56 Å². The Kier molecular flexibility index (Phi) is 4.74. The van der Waals surface area contributed by atoms with E-state index in [1.807, 2.05) is 16.8 Å². The first kappa shape index (κ1) is 15.1. The van der Waals surface area contributed by atoms with E-state index in [1.54, 1.807) is 17.4 Å². The molecule has 19 heavy (non-hydrogen) atoms. The van der Waals surface area contributed by atoms with Gasteiger partial charge in [0, 0.05) is 9.30 Å². The molecule has 0 amide bonds. The van der Waals surface area contributed by atoms with Crippen molar-refractivity contribution in [2.24, 2.45) is 0 Å². The standard InChI is InChI=1S/C13H9Br2F3S/c14-11-2-1-9(6-10(11)13(16,17)18)12(15)5-8-3-4-19-7-8/h1-4,6-7,12H,5H2. The van der Waals surface area contributed by atoms with Gasteiger partial charge in [0.05, 0.1) is 5.56 Å². The fraction of sp³-hybridized carbons (Fsp3) is 0.231. The zero-order valence-electron chi connectivity index (χ0n) is 9.55. The minimum absolute atomic E-state index is 0.0685. The maximum absolute atomic E-state index is 12.8. The second-order valence-corrected chi connectivity index (χ2v) is 6.78. The molecule has 1 unspecified atom stereocenters. The highest BCUT2D eigenvalue weighted by Gasteiger charge is 2.33. The number of benzene rings is 1. The number of thiophene rings is 1. The summed E-state index contributed by atoms with van der Waals surface area (Å²) in [5.41, 5.74) is 1.10. The van der Waals surface area contributed by atoms with Gasteiger partial charge in [-0.1, -0.05) is 37.9 Å². The number of halogens is 5. The predicted octanol–water partition coefficient (Wildman–Crippen LogP) is 6.21. The highest BCUT2D eigenvalue weighted by Crippen LogP contribution is 2.38. The molecule has 0 aliphatic rings. The van der Waals surface area contributed by atoms with Gasteiger partial charge >= 0.3 is 6.18 Å². The second-order valence-electron chi connectivity index (χ2n) is 4.04. The minimum atomic E-state index is -4.34. The molecule has 1 heterocycles. The van der Waals surface area contributed by atoms with Gasteiger partial charge in [-0.3, -0.25) is 0 Å². The van der Waals surface area contributed by atoms with Crippen LogP contribution in [0.1, 0.15) is 21.5 Å². The summed E-state index contributed by atoms with van der Waals surface area (Å²) in [4.78, 5) is -0.128. The zero-order valence-corrected chi connectivity index (χ0v) is 13.5. The van der Waals surface area contributed by atoms with Crippen LogP contribution in [0.3, 0.4) is 0 Å². The maximum atomic E-state index is 12.8. The molecule has 0 saturated carbocycles. The van der Waals surface area contributed by atoms with Crippen LogP contribution < -0.4 is 0 Å². The third-order valence-electron chi connectivity index (χ3n) is 2.65. The van der Waals surface area contributed by atoms with Gasteiger partial charge in [0.15, 0.2) is 0 Å². The molecular formula is C13H9Br2F3S. The van der Waals surface area contributed by atoms with Crippen molar-refractivity contribution in [3.63, 3.8) is 0 Å². The summed E-state index contributed by atoms with van der Waals surface area (Å²) in [5.74, 6) is 0. The second kappa shape index (κ2) is 5.97. The third-order valence-corrected chi connectivity index (χ3v) is 4.93. The van der Waals surface area contributed by atoms with E-state index >= 15 is 0 Å². The van der Waals surface area contributed by atoms with Crippen molar-refractivity contribution in [1.82, 2.24) is 0 Å². The zero-order chi connectivity index (χ0) is 14.0. The molecule has 0 bridgehead atoms. The lowest BCUT2D eigenvalue weighted by atomic mass is 10.0. The number of alkyl halides is 4. The Morgan fingerprint density at radius 2 is 1.95 bits per heavy atom. The van der Waals surface area contributed by atoms with Crippen molar-refractivity contribution >= 4 is 43.2 Å². The Bertz CT molecular complexity index is 550. The molecule has 1 aromatic heterocycles. The van der Waals surface area contributed by atoms with Crippen LogP contribution in [0.25, 0.3) is 0 Å². The lowest BCUT2D eigenvalue weighted by molar-refractivity contribution is -0.138. The Morgan fingerprint density at radius 3 is 2.53 bits per heavy atom. The van der Waals surface area contributed by atoms with Crippen LogP contribution in [0, 0.1) is 0 Å². The van der Waals surface area contributed by atoms with Crippen LogP contribution in [0.4, 0.5) is 13.2 Å². The SMILES string of the molecule is FC(F)(F)c1cc(C(Br)Cc2ccsc2)ccc1Br. The van der Waals surface area contributed by atoms with E-state index in [2.05, 4.69) is 31.9 Å². The van der Waals surface area contributed by atoms with Crippen LogP contribution in [-0.4, -0.2) is 0 Å². The largest absolute Gasteiger partial charge is 0.417 e. The molecule has 0 aliphatic heterocycles. The third kappa shape index (κ3) is 3.83. The lowest BCUT2D eigenvalue weighted by Crippen LogP contribution is -2.07. The van der Waals surface area contributed by atoms with Gasteiger partial charge in [-0.05, 0) is 46.5 Å². The number of hydrogen-bond donors (Lipinski definition) is 0. The molecule has 0 aliphatic carbocycles. The van der Waals surface area contributed by atoms with Gasteiger partial charge in [-0.15, -0.1) is 0 Å². The summed E-state index contributed by atoms with van der Waals surface area (Å²) in [5, 5.41) is 3.95. The van der Waals surface area contributed by atoms with E-state index in [4.69, 9.17) is 0 Å². The first-order chi connectivity index (χ1) is 8.88. The smallest absolute Gasteiger partial charge is 0.166 e. The van der Waals surface area contributed by atoms with Crippen LogP contribution in [-0.2, 0) is 12.6 Å². The fourth-order valence-corrected chi connectivity index (χ4v) is 3.50. The van der Waals surface area contributed by atoms with Crippen molar-refractivity contribution < 1.29 is 13.2 Å². The highest BCUT2D eigenvalue weighted by molar-refractivity contribution is 9.10. The van der Waals surface area contributed by atoms with Gasteiger partial charge in [-0.25, -0.2) is 0 Å². The minimum Gasteiger partial charge on any atom is -0.166 e. The molecule has 0 nitrogen and oxygen atoms in total.